The molecule has 0 fully saturated rings. The Labute approximate surface area is 69.9 Å². The molecule has 0 heterocycles. The van der Waals surface area contributed by atoms with Crippen LogP contribution in [0.1, 0.15) is 34.6 Å². The summed E-state index contributed by atoms with van der Waals surface area (Å²) in [5.41, 5.74) is -0.208. The third kappa shape index (κ3) is 1.95. The highest BCUT2D eigenvalue weighted by atomic mass is 32.2. The second-order valence-corrected chi connectivity index (χ2v) is 7.10. The van der Waals surface area contributed by atoms with Crippen molar-refractivity contribution in [2.45, 2.75) is 39.4 Å². The highest BCUT2D eigenvalue weighted by Crippen LogP contribution is 2.35. The number of sulfone groups is 1. The van der Waals surface area contributed by atoms with Gasteiger partial charge in [-0.1, -0.05) is 20.8 Å². The van der Waals surface area contributed by atoms with E-state index in [1.165, 1.54) is 6.26 Å². The lowest BCUT2D eigenvalue weighted by Gasteiger charge is -2.36. The molecule has 0 aliphatic carbocycles. The van der Waals surface area contributed by atoms with Crippen molar-refractivity contribution in [3.05, 3.63) is 0 Å². The summed E-state index contributed by atoms with van der Waals surface area (Å²) in [7, 11) is -2.96. The highest BCUT2D eigenvalue weighted by molar-refractivity contribution is 7.92. The number of hydrogen-bond acceptors (Lipinski definition) is 2. The second-order valence-electron chi connectivity index (χ2n) is 4.53. The van der Waals surface area contributed by atoms with Crippen molar-refractivity contribution in [3.63, 3.8) is 0 Å². The van der Waals surface area contributed by atoms with Crippen molar-refractivity contribution in [1.82, 2.24) is 0 Å². The highest BCUT2D eigenvalue weighted by Gasteiger charge is 2.41. The Bertz CT molecular complexity index is 229. The van der Waals surface area contributed by atoms with Crippen molar-refractivity contribution in [1.29, 1.82) is 0 Å². The molecular formula is C8H18O2S. The van der Waals surface area contributed by atoms with E-state index in [-0.39, 0.29) is 5.41 Å². The van der Waals surface area contributed by atoms with Gasteiger partial charge in [-0.05, 0) is 19.3 Å². The van der Waals surface area contributed by atoms with Crippen LogP contribution < -0.4 is 0 Å². The summed E-state index contributed by atoms with van der Waals surface area (Å²) in [5, 5.41) is 0. The molecule has 3 heteroatoms. The van der Waals surface area contributed by atoms with E-state index in [2.05, 4.69) is 0 Å². The van der Waals surface area contributed by atoms with Gasteiger partial charge in [0.25, 0.3) is 0 Å². The maximum Gasteiger partial charge on any atom is 0.153 e. The van der Waals surface area contributed by atoms with Crippen LogP contribution in [0.4, 0.5) is 0 Å². The van der Waals surface area contributed by atoms with E-state index < -0.39 is 14.6 Å². The minimum Gasteiger partial charge on any atom is -0.229 e. The Morgan fingerprint density at radius 3 is 1.18 bits per heavy atom. The van der Waals surface area contributed by atoms with Gasteiger partial charge in [-0.3, -0.25) is 0 Å². The third-order valence-electron chi connectivity index (χ3n) is 2.73. The molecule has 0 atom stereocenters. The Kier molecular flexibility index (Phi) is 2.46. The predicted molar refractivity (Wildman–Crippen MR) is 48.4 cm³/mol. The number of rotatable bonds is 1. The summed E-state index contributed by atoms with van der Waals surface area (Å²) in [4.78, 5) is 0. The molecule has 0 aromatic carbocycles. The monoisotopic (exact) mass is 178 g/mol. The maximum atomic E-state index is 11.3. The zero-order chi connectivity index (χ0) is 9.50. The van der Waals surface area contributed by atoms with E-state index >= 15 is 0 Å². The van der Waals surface area contributed by atoms with Crippen LogP contribution in [0.15, 0.2) is 0 Å². The average molecular weight is 178 g/mol. The quantitative estimate of drug-likeness (QED) is 0.614. The van der Waals surface area contributed by atoms with E-state index in [1.807, 2.05) is 20.8 Å². The van der Waals surface area contributed by atoms with Gasteiger partial charge >= 0.3 is 0 Å². The van der Waals surface area contributed by atoms with Crippen molar-refractivity contribution in [2.75, 3.05) is 6.26 Å². The molecule has 11 heavy (non-hydrogen) atoms. The fraction of sp³-hybridized carbons (Fsp3) is 1.00. The molecule has 0 aromatic heterocycles. The van der Waals surface area contributed by atoms with Crippen LogP contribution in [-0.4, -0.2) is 19.4 Å². The first-order valence-corrected chi connectivity index (χ1v) is 5.59. The lowest BCUT2D eigenvalue weighted by molar-refractivity contribution is 0.303. The van der Waals surface area contributed by atoms with E-state index in [0.717, 1.165) is 0 Å². The first-order valence-electron chi connectivity index (χ1n) is 3.70. The van der Waals surface area contributed by atoms with Crippen molar-refractivity contribution in [3.8, 4) is 0 Å². The molecule has 0 unspecified atom stereocenters. The van der Waals surface area contributed by atoms with Gasteiger partial charge in [-0.25, -0.2) is 8.42 Å². The summed E-state index contributed by atoms with van der Waals surface area (Å²) in [5.74, 6) is 0. The van der Waals surface area contributed by atoms with Crippen molar-refractivity contribution in [2.24, 2.45) is 5.41 Å². The van der Waals surface area contributed by atoms with Crippen LogP contribution in [0.5, 0.6) is 0 Å². The van der Waals surface area contributed by atoms with E-state index in [4.69, 9.17) is 0 Å². The topological polar surface area (TPSA) is 34.1 Å². The molecule has 0 aliphatic rings. The van der Waals surface area contributed by atoms with Gasteiger partial charge in [0, 0.05) is 6.26 Å². The van der Waals surface area contributed by atoms with Crippen LogP contribution in [0.25, 0.3) is 0 Å². The van der Waals surface area contributed by atoms with E-state index in [9.17, 15) is 8.42 Å². The van der Waals surface area contributed by atoms with Crippen molar-refractivity contribution >= 4 is 9.84 Å². The van der Waals surface area contributed by atoms with E-state index in [1.54, 1.807) is 13.8 Å². The molecule has 0 aliphatic heterocycles. The van der Waals surface area contributed by atoms with Crippen LogP contribution in [0.2, 0.25) is 0 Å². The standard InChI is InChI=1S/C8H18O2S/c1-7(2,3)8(4,5)11(6,9)10/h1-6H3. The zero-order valence-corrected chi connectivity index (χ0v) is 9.04. The normalized spacial score (nSPS) is 15.1. The van der Waals surface area contributed by atoms with Gasteiger partial charge in [0.2, 0.25) is 0 Å². The lowest BCUT2D eigenvalue weighted by Crippen LogP contribution is -2.43. The molecule has 0 saturated heterocycles. The summed E-state index contributed by atoms with van der Waals surface area (Å²) in [6.07, 6.45) is 1.29. The summed E-state index contributed by atoms with van der Waals surface area (Å²) >= 11 is 0. The van der Waals surface area contributed by atoms with Crippen LogP contribution in [0, 0.1) is 5.41 Å². The summed E-state index contributed by atoms with van der Waals surface area (Å²) in [6, 6.07) is 0. The van der Waals surface area contributed by atoms with Gasteiger partial charge in [0.1, 0.15) is 0 Å². The molecular weight excluding hydrogens is 160 g/mol. The van der Waals surface area contributed by atoms with Gasteiger partial charge in [0.15, 0.2) is 9.84 Å². The van der Waals surface area contributed by atoms with Crippen LogP contribution >= 0.6 is 0 Å². The lowest BCUT2D eigenvalue weighted by atomic mass is 9.83. The summed E-state index contributed by atoms with van der Waals surface area (Å²) in [6.45, 7) is 9.35. The Balaban J connectivity index is 5.08. The minimum absolute atomic E-state index is 0.208. The Morgan fingerprint density at radius 2 is 1.18 bits per heavy atom. The zero-order valence-electron chi connectivity index (χ0n) is 8.22. The van der Waals surface area contributed by atoms with Gasteiger partial charge in [-0.2, -0.15) is 0 Å². The average Bonchev–Trinajstić information content (AvgIpc) is 1.58. The van der Waals surface area contributed by atoms with Gasteiger partial charge in [-0.15, -0.1) is 0 Å². The number of hydrogen-bond donors (Lipinski definition) is 0. The maximum absolute atomic E-state index is 11.3. The largest absolute Gasteiger partial charge is 0.229 e. The Morgan fingerprint density at radius 1 is 0.909 bits per heavy atom. The molecule has 0 spiro atoms. The second kappa shape index (κ2) is 2.47. The van der Waals surface area contributed by atoms with Gasteiger partial charge < -0.3 is 0 Å². The molecule has 0 bridgehead atoms. The molecule has 0 radical (unpaired) electrons. The molecule has 0 saturated carbocycles. The smallest absolute Gasteiger partial charge is 0.153 e. The fourth-order valence-electron chi connectivity index (χ4n) is 0.556. The van der Waals surface area contributed by atoms with Crippen molar-refractivity contribution < 1.29 is 8.42 Å². The molecule has 0 N–H and O–H groups in total. The van der Waals surface area contributed by atoms with E-state index in [0.29, 0.717) is 0 Å². The Hall–Kier alpha value is -0.0500. The molecule has 68 valence electrons. The fourth-order valence-corrected chi connectivity index (χ4v) is 1.67. The van der Waals surface area contributed by atoms with Crippen LogP contribution in [-0.2, 0) is 9.84 Å². The molecule has 2 nitrogen and oxygen atoms in total. The van der Waals surface area contributed by atoms with Gasteiger partial charge in [0.05, 0.1) is 4.75 Å². The molecule has 0 aromatic rings. The minimum atomic E-state index is -2.96. The first kappa shape index (κ1) is 11.0. The predicted octanol–water partition coefficient (Wildman–Crippen LogP) is 1.86. The summed E-state index contributed by atoms with van der Waals surface area (Å²) < 4.78 is 21.9. The molecule has 0 amide bonds. The molecule has 0 rings (SSSR count). The first-order chi connectivity index (χ1) is 4.50. The van der Waals surface area contributed by atoms with Crippen LogP contribution in [0.3, 0.4) is 0 Å². The SMILES string of the molecule is CC(C)(C)C(C)(C)S(C)(=O)=O. The third-order valence-corrected chi connectivity index (χ3v) is 5.20.